The van der Waals surface area contributed by atoms with Crippen LogP contribution in [0.15, 0.2) is 121 Å². The molecule has 0 atom stereocenters. The quantitative estimate of drug-likeness (QED) is 0.297. The van der Waals surface area contributed by atoms with Gasteiger partial charge >= 0.3 is 5.97 Å². The van der Waals surface area contributed by atoms with Gasteiger partial charge in [-0.2, -0.15) is 0 Å². The highest BCUT2D eigenvalue weighted by Gasteiger charge is 2.19. The Kier molecular flexibility index (Phi) is 6.10. The van der Waals surface area contributed by atoms with E-state index >= 15 is 0 Å². The second kappa shape index (κ2) is 9.65. The Labute approximate surface area is 203 Å². The summed E-state index contributed by atoms with van der Waals surface area (Å²) >= 11 is 0. The first-order valence-corrected chi connectivity index (χ1v) is 11.4. The number of amides is 1. The van der Waals surface area contributed by atoms with E-state index in [0.717, 1.165) is 27.5 Å². The van der Waals surface area contributed by atoms with Gasteiger partial charge < -0.3 is 10.0 Å². The first kappa shape index (κ1) is 22.1. The third-order valence-corrected chi connectivity index (χ3v) is 6.06. The second-order valence-electron chi connectivity index (χ2n) is 8.37. The molecule has 0 aromatic heterocycles. The van der Waals surface area contributed by atoms with Crippen LogP contribution in [0.2, 0.25) is 0 Å². The molecular weight excluding hydrogens is 434 g/mol. The molecule has 4 nitrogen and oxygen atoms in total. The van der Waals surface area contributed by atoms with Crippen LogP contribution >= 0.6 is 0 Å². The summed E-state index contributed by atoms with van der Waals surface area (Å²) in [7, 11) is 0. The normalized spacial score (nSPS) is 10.7. The van der Waals surface area contributed by atoms with E-state index in [-0.39, 0.29) is 11.5 Å². The van der Waals surface area contributed by atoms with E-state index in [1.807, 2.05) is 72.8 Å². The van der Waals surface area contributed by atoms with Crippen molar-refractivity contribution in [3.8, 4) is 11.1 Å². The fourth-order valence-electron chi connectivity index (χ4n) is 4.18. The Morgan fingerprint density at radius 3 is 1.89 bits per heavy atom. The maximum Gasteiger partial charge on any atom is 0.335 e. The molecular formula is C31H23NO3. The highest BCUT2D eigenvalue weighted by atomic mass is 16.4. The van der Waals surface area contributed by atoms with Crippen molar-refractivity contribution >= 4 is 28.3 Å². The molecule has 1 amide bonds. The topological polar surface area (TPSA) is 57.6 Å². The first-order chi connectivity index (χ1) is 17.1. The fourth-order valence-corrected chi connectivity index (χ4v) is 4.18. The molecule has 5 aromatic carbocycles. The summed E-state index contributed by atoms with van der Waals surface area (Å²) in [4.78, 5) is 26.7. The van der Waals surface area contributed by atoms with E-state index in [0.29, 0.717) is 17.8 Å². The van der Waals surface area contributed by atoms with Gasteiger partial charge in [0.05, 0.1) is 12.1 Å². The molecule has 0 aliphatic heterocycles. The number of carbonyl (C=O) groups excluding carboxylic acids is 1. The van der Waals surface area contributed by atoms with E-state index in [1.165, 1.54) is 12.1 Å². The van der Waals surface area contributed by atoms with E-state index in [2.05, 4.69) is 24.3 Å². The fraction of sp³-hybridized carbons (Fsp3) is 0.0323. The zero-order valence-corrected chi connectivity index (χ0v) is 19.0. The third-order valence-electron chi connectivity index (χ3n) is 6.06. The van der Waals surface area contributed by atoms with Crippen LogP contribution in [0.25, 0.3) is 21.9 Å². The largest absolute Gasteiger partial charge is 0.478 e. The van der Waals surface area contributed by atoms with Gasteiger partial charge in [0.1, 0.15) is 0 Å². The minimum Gasteiger partial charge on any atom is -0.478 e. The monoisotopic (exact) mass is 457 g/mol. The van der Waals surface area contributed by atoms with Crippen LogP contribution in [0.4, 0.5) is 5.69 Å². The molecule has 0 saturated heterocycles. The number of carboxylic acids is 1. The van der Waals surface area contributed by atoms with Gasteiger partial charge in [0.2, 0.25) is 0 Å². The van der Waals surface area contributed by atoms with Crippen molar-refractivity contribution in [1.82, 2.24) is 0 Å². The lowest BCUT2D eigenvalue weighted by Crippen LogP contribution is -2.30. The second-order valence-corrected chi connectivity index (χ2v) is 8.37. The van der Waals surface area contributed by atoms with E-state index in [9.17, 15) is 14.7 Å². The molecule has 0 aliphatic carbocycles. The van der Waals surface area contributed by atoms with Crippen molar-refractivity contribution in [2.24, 2.45) is 0 Å². The summed E-state index contributed by atoms with van der Waals surface area (Å²) < 4.78 is 0. The molecule has 0 aliphatic rings. The third kappa shape index (κ3) is 4.82. The molecule has 0 unspecified atom stereocenters. The molecule has 0 radical (unpaired) electrons. The van der Waals surface area contributed by atoms with Gasteiger partial charge in [-0.1, -0.05) is 78.9 Å². The number of rotatable bonds is 6. The van der Waals surface area contributed by atoms with Gasteiger partial charge in [0, 0.05) is 11.3 Å². The van der Waals surface area contributed by atoms with Gasteiger partial charge in [-0.3, -0.25) is 4.79 Å². The molecule has 0 bridgehead atoms. The number of hydrogen-bond donors (Lipinski definition) is 1. The Morgan fingerprint density at radius 1 is 0.600 bits per heavy atom. The number of aromatic carboxylic acids is 1. The van der Waals surface area contributed by atoms with Gasteiger partial charge in [-0.25, -0.2) is 4.79 Å². The minimum absolute atomic E-state index is 0.152. The zero-order valence-electron chi connectivity index (χ0n) is 19.0. The van der Waals surface area contributed by atoms with Crippen molar-refractivity contribution in [3.05, 3.63) is 138 Å². The molecule has 0 heterocycles. The number of fused-ring (bicyclic) bond motifs is 1. The molecule has 35 heavy (non-hydrogen) atoms. The van der Waals surface area contributed by atoms with Crippen LogP contribution in [0.3, 0.4) is 0 Å². The number of nitrogens with zero attached hydrogens (tertiary/aromatic N) is 1. The number of hydrogen-bond acceptors (Lipinski definition) is 2. The summed E-state index contributed by atoms with van der Waals surface area (Å²) in [5.41, 5.74) is 4.49. The molecule has 0 saturated carbocycles. The molecule has 5 rings (SSSR count). The Morgan fingerprint density at radius 2 is 1.20 bits per heavy atom. The zero-order chi connectivity index (χ0) is 24.2. The summed E-state index contributed by atoms with van der Waals surface area (Å²) in [5.74, 6) is -1.15. The molecule has 4 heteroatoms. The average molecular weight is 458 g/mol. The summed E-state index contributed by atoms with van der Waals surface area (Å²) in [6.07, 6.45) is 0. The van der Waals surface area contributed by atoms with Gasteiger partial charge in [-0.05, 0) is 69.9 Å². The van der Waals surface area contributed by atoms with Crippen LogP contribution in [-0.4, -0.2) is 17.0 Å². The first-order valence-electron chi connectivity index (χ1n) is 11.4. The highest BCUT2D eigenvalue weighted by Crippen LogP contribution is 2.25. The predicted molar refractivity (Wildman–Crippen MR) is 140 cm³/mol. The van der Waals surface area contributed by atoms with Crippen molar-refractivity contribution in [2.75, 3.05) is 4.90 Å². The van der Waals surface area contributed by atoms with Crippen molar-refractivity contribution in [2.45, 2.75) is 6.54 Å². The summed E-state index contributed by atoms with van der Waals surface area (Å²) in [6, 6.07) is 38.3. The van der Waals surface area contributed by atoms with Crippen LogP contribution in [0.1, 0.15) is 26.3 Å². The molecule has 0 fully saturated rings. The SMILES string of the molecule is O=C(O)c1ccc(N(Cc2ccc3ccccc3c2)C(=O)c2ccc(-c3ccccc3)cc2)cc1. The smallest absolute Gasteiger partial charge is 0.335 e. The maximum atomic E-state index is 13.7. The number of benzene rings is 5. The number of carbonyl (C=O) groups is 2. The predicted octanol–water partition coefficient (Wildman–Crippen LogP) is 7.05. The molecule has 0 spiro atoms. The Bertz CT molecular complexity index is 1490. The van der Waals surface area contributed by atoms with Gasteiger partial charge in [0.15, 0.2) is 0 Å². The highest BCUT2D eigenvalue weighted by molar-refractivity contribution is 6.06. The Hall–Kier alpha value is -4.70. The Balaban J connectivity index is 1.49. The van der Waals surface area contributed by atoms with Crippen molar-refractivity contribution < 1.29 is 14.7 Å². The average Bonchev–Trinajstić information content (AvgIpc) is 2.92. The maximum absolute atomic E-state index is 13.7. The van der Waals surface area contributed by atoms with Crippen molar-refractivity contribution in [3.63, 3.8) is 0 Å². The van der Waals surface area contributed by atoms with E-state index in [1.54, 1.807) is 17.0 Å². The molecule has 170 valence electrons. The van der Waals surface area contributed by atoms with Crippen LogP contribution in [0.5, 0.6) is 0 Å². The lowest BCUT2D eigenvalue weighted by atomic mass is 10.0. The van der Waals surface area contributed by atoms with E-state index in [4.69, 9.17) is 0 Å². The molecule has 5 aromatic rings. The van der Waals surface area contributed by atoms with Crippen LogP contribution in [0, 0.1) is 0 Å². The van der Waals surface area contributed by atoms with Crippen molar-refractivity contribution in [1.29, 1.82) is 0 Å². The standard InChI is InChI=1S/C31H23NO3/c33-30(26-14-12-25(13-15-26)23-6-2-1-3-7-23)32(29-18-16-27(17-19-29)31(34)35)21-22-10-11-24-8-4-5-9-28(24)20-22/h1-20H,21H2,(H,34,35). The lowest BCUT2D eigenvalue weighted by molar-refractivity contribution is 0.0696. The van der Waals surface area contributed by atoms with Gasteiger partial charge in [0.25, 0.3) is 5.91 Å². The lowest BCUT2D eigenvalue weighted by Gasteiger charge is -2.24. The van der Waals surface area contributed by atoms with Crippen LogP contribution < -0.4 is 4.90 Å². The van der Waals surface area contributed by atoms with Gasteiger partial charge in [-0.15, -0.1) is 0 Å². The minimum atomic E-state index is -1.000. The molecule has 1 N–H and O–H groups in total. The summed E-state index contributed by atoms with van der Waals surface area (Å²) in [6.45, 7) is 0.358. The van der Waals surface area contributed by atoms with E-state index < -0.39 is 5.97 Å². The number of carboxylic acid groups (broad SMARTS) is 1. The summed E-state index contributed by atoms with van der Waals surface area (Å²) in [5, 5.41) is 11.5. The number of anilines is 1. The van der Waals surface area contributed by atoms with Crippen LogP contribution in [-0.2, 0) is 6.54 Å².